The number of hydrogen-bond donors (Lipinski definition) is 1. The number of likely N-dealkylation sites (tertiary alicyclic amines) is 1. The summed E-state index contributed by atoms with van der Waals surface area (Å²) >= 11 is 11.7. The number of nitrogens with one attached hydrogen (secondary N) is 1. The predicted molar refractivity (Wildman–Crippen MR) is 130 cm³/mol. The lowest BCUT2D eigenvalue weighted by Gasteiger charge is -2.30. The number of ether oxygens (including phenoxy) is 1. The molecule has 1 N–H and O–H groups in total. The molecule has 3 heterocycles. The summed E-state index contributed by atoms with van der Waals surface area (Å²) in [6.45, 7) is 4.41. The molecule has 0 saturated carbocycles. The Labute approximate surface area is 203 Å². The Balaban J connectivity index is 1.30. The molecule has 0 atom stereocenters. The van der Waals surface area contributed by atoms with Crippen molar-refractivity contribution in [1.82, 2.24) is 24.2 Å². The fourth-order valence-electron chi connectivity index (χ4n) is 3.75. The highest BCUT2D eigenvalue weighted by atomic mass is 35.5. The molecule has 174 valence electrons. The van der Waals surface area contributed by atoms with Gasteiger partial charge in [0.05, 0.1) is 11.7 Å². The number of para-hydroxylation sites is 1. The second kappa shape index (κ2) is 10.5. The van der Waals surface area contributed by atoms with Crippen LogP contribution in [-0.2, 0) is 25.1 Å². The molecule has 1 fully saturated rings. The smallest absolute Gasteiger partial charge is 0.228 e. The van der Waals surface area contributed by atoms with E-state index in [0.29, 0.717) is 28.0 Å². The Morgan fingerprint density at radius 2 is 2.00 bits per heavy atom. The lowest BCUT2D eigenvalue weighted by molar-refractivity contribution is -0.121. The molecular weight excluding hydrogens is 460 g/mol. The van der Waals surface area contributed by atoms with Gasteiger partial charge in [0.25, 0.3) is 0 Å². The molecule has 1 aliphatic rings. The van der Waals surface area contributed by atoms with E-state index in [0.717, 1.165) is 37.3 Å². The highest BCUT2D eigenvalue weighted by Crippen LogP contribution is 2.24. The minimum absolute atomic E-state index is 0.0272. The molecule has 0 bridgehead atoms. The minimum Gasteiger partial charge on any atom is -0.484 e. The van der Waals surface area contributed by atoms with E-state index in [4.69, 9.17) is 28.6 Å². The van der Waals surface area contributed by atoms with Crippen molar-refractivity contribution in [2.45, 2.75) is 33.0 Å². The van der Waals surface area contributed by atoms with Crippen LogP contribution in [0.3, 0.4) is 0 Å². The second-order valence-corrected chi connectivity index (χ2v) is 8.99. The van der Waals surface area contributed by atoms with Gasteiger partial charge in [0.1, 0.15) is 18.2 Å². The Bertz CT molecular complexity index is 1170. The maximum absolute atomic E-state index is 12.6. The van der Waals surface area contributed by atoms with Gasteiger partial charge < -0.3 is 14.6 Å². The van der Waals surface area contributed by atoms with E-state index in [1.807, 2.05) is 48.9 Å². The normalized spacial score (nSPS) is 14.9. The van der Waals surface area contributed by atoms with Gasteiger partial charge in [-0.15, -0.1) is 0 Å². The number of aryl methyl sites for hydroxylation is 1. The van der Waals surface area contributed by atoms with Gasteiger partial charge in [0.15, 0.2) is 10.6 Å². The molecule has 33 heavy (non-hydrogen) atoms. The van der Waals surface area contributed by atoms with E-state index in [9.17, 15) is 4.79 Å². The molecule has 1 saturated heterocycles. The lowest BCUT2D eigenvalue weighted by atomic mass is 9.96. The van der Waals surface area contributed by atoms with Crippen molar-refractivity contribution < 1.29 is 9.53 Å². The van der Waals surface area contributed by atoms with Crippen LogP contribution in [0.4, 0.5) is 5.82 Å². The first-order valence-corrected chi connectivity index (χ1v) is 11.7. The molecule has 4 rings (SSSR count). The molecule has 0 aliphatic carbocycles. The van der Waals surface area contributed by atoms with E-state index in [2.05, 4.69) is 20.3 Å². The van der Waals surface area contributed by atoms with Gasteiger partial charge in [-0.1, -0.05) is 29.8 Å². The highest BCUT2D eigenvalue weighted by molar-refractivity contribution is 7.71. The van der Waals surface area contributed by atoms with Gasteiger partial charge in [-0.25, -0.2) is 9.67 Å². The van der Waals surface area contributed by atoms with Crippen LogP contribution in [0, 0.1) is 17.6 Å². The third kappa shape index (κ3) is 5.79. The van der Waals surface area contributed by atoms with Gasteiger partial charge in [-0.2, -0.15) is 5.10 Å². The molecule has 0 unspecified atom stereocenters. The zero-order valence-electron chi connectivity index (χ0n) is 18.7. The van der Waals surface area contributed by atoms with Crippen LogP contribution >= 0.6 is 23.8 Å². The summed E-state index contributed by atoms with van der Waals surface area (Å²) in [6, 6.07) is 11.1. The molecule has 0 spiro atoms. The third-order valence-corrected chi connectivity index (χ3v) is 6.58. The lowest BCUT2D eigenvalue weighted by Crippen LogP contribution is -2.39. The fourth-order valence-corrected chi connectivity index (χ4v) is 4.14. The van der Waals surface area contributed by atoms with Gasteiger partial charge in [-0.05, 0) is 55.7 Å². The van der Waals surface area contributed by atoms with E-state index >= 15 is 0 Å². The highest BCUT2D eigenvalue weighted by Gasteiger charge is 2.26. The summed E-state index contributed by atoms with van der Waals surface area (Å²) in [5.74, 6) is 1.93. The summed E-state index contributed by atoms with van der Waals surface area (Å²) in [6.07, 6.45) is 3.31. The average Bonchev–Trinajstić information content (AvgIpc) is 3.08. The first-order valence-electron chi connectivity index (χ1n) is 10.9. The molecule has 10 heteroatoms. The Morgan fingerprint density at radius 3 is 2.70 bits per heavy atom. The topological polar surface area (TPSA) is 77.2 Å². The first-order chi connectivity index (χ1) is 15.9. The number of amides is 1. The van der Waals surface area contributed by atoms with Crippen LogP contribution in [0.5, 0.6) is 5.75 Å². The molecule has 2 aromatic heterocycles. The number of carbonyl (C=O) groups excluding carboxylic acids is 1. The maximum atomic E-state index is 12.6. The van der Waals surface area contributed by atoms with Crippen LogP contribution < -0.4 is 10.1 Å². The molecule has 1 aromatic carbocycles. The fraction of sp³-hybridized carbons (Fsp3) is 0.391. The van der Waals surface area contributed by atoms with Gasteiger partial charge >= 0.3 is 0 Å². The van der Waals surface area contributed by atoms with Crippen LogP contribution in [0.2, 0.25) is 5.02 Å². The van der Waals surface area contributed by atoms with Crippen LogP contribution in [0.1, 0.15) is 24.2 Å². The van der Waals surface area contributed by atoms with Crippen molar-refractivity contribution in [1.29, 1.82) is 0 Å². The van der Waals surface area contributed by atoms with Gasteiger partial charge in [-0.3, -0.25) is 9.69 Å². The molecular formula is C23H27ClN6O2S. The summed E-state index contributed by atoms with van der Waals surface area (Å²) < 4.78 is 10.1. The molecule has 0 radical (unpaired) electrons. The number of nitrogens with zero attached hydrogens (tertiary/aromatic N) is 5. The number of halogens is 1. The van der Waals surface area contributed by atoms with Crippen molar-refractivity contribution in [2.75, 3.05) is 18.4 Å². The van der Waals surface area contributed by atoms with Crippen LogP contribution in [0.25, 0.3) is 0 Å². The maximum Gasteiger partial charge on any atom is 0.228 e. The summed E-state index contributed by atoms with van der Waals surface area (Å²) in [4.78, 5) is 19.1. The molecule has 1 aliphatic heterocycles. The summed E-state index contributed by atoms with van der Waals surface area (Å²) in [7, 11) is 1.88. The van der Waals surface area contributed by atoms with Crippen molar-refractivity contribution in [3.63, 3.8) is 0 Å². The number of hydrogen-bond acceptors (Lipinski definition) is 6. The zero-order chi connectivity index (χ0) is 23.4. The number of benzene rings is 1. The third-order valence-electron chi connectivity index (χ3n) is 5.78. The Kier molecular flexibility index (Phi) is 7.42. The predicted octanol–water partition coefficient (Wildman–Crippen LogP) is 4.20. The summed E-state index contributed by atoms with van der Waals surface area (Å²) in [5.41, 5.74) is 1.06. The number of pyridine rings is 1. The van der Waals surface area contributed by atoms with Gasteiger partial charge in [0, 0.05) is 32.3 Å². The van der Waals surface area contributed by atoms with Crippen molar-refractivity contribution in [3.8, 4) is 5.75 Å². The Hall–Kier alpha value is -2.75. The first kappa shape index (κ1) is 23.4. The van der Waals surface area contributed by atoms with Crippen LogP contribution in [-0.4, -0.2) is 43.2 Å². The van der Waals surface area contributed by atoms with E-state index in [1.165, 1.54) is 0 Å². The standard InChI is InChI=1S/C23H27ClN6O2S/c1-16-7-8-20(25-13-16)26-22(31)17-9-11-29(12-10-17)15-30-23(33)28(2)21(27-30)14-32-19-6-4-3-5-18(19)24/h3-8,13,17H,9-12,14-15H2,1-2H3,(H,25,26,31). The van der Waals surface area contributed by atoms with Crippen molar-refractivity contribution >= 4 is 35.5 Å². The number of aromatic nitrogens is 4. The molecule has 1 amide bonds. The number of anilines is 1. The van der Waals surface area contributed by atoms with E-state index < -0.39 is 0 Å². The largest absolute Gasteiger partial charge is 0.484 e. The minimum atomic E-state index is -0.0272. The number of piperidine rings is 1. The average molecular weight is 487 g/mol. The monoisotopic (exact) mass is 486 g/mol. The number of carbonyl (C=O) groups is 1. The number of rotatable bonds is 7. The van der Waals surface area contributed by atoms with Crippen molar-refractivity contribution in [2.24, 2.45) is 13.0 Å². The molecule has 3 aromatic rings. The van der Waals surface area contributed by atoms with Crippen molar-refractivity contribution in [3.05, 3.63) is 63.8 Å². The quantitative estimate of drug-likeness (QED) is 0.504. The van der Waals surface area contributed by atoms with E-state index in [1.54, 1.807) is 16.9 Å². The second-order valence-electron chi connectivity index (χ2n) is 8.22. The van der Waals surface area contributed by atoms with E-state index in [-0.39, 0.29) is 18.4 Å². The van der Waals surface area contributed by atoms with Crippen LogP contribution in [0.15, 0.2) is 42.6 Å². The Morgan fingerprint density at radius 1 is 1.24 bits per heavy atom. The zero-order valence-corrected chi connectivity index (χ0v) is 20.3. The SMILES string of the molecule is Cc1ccc(NC(=O)C2CCN(Cn3nc(COc4ccccc4Cl)n(C)c3=S)CC2)nc1. The molecule has 8 nitrogen and oxygen atoms in total. The van der Waals surface area contributed by atoms with Gasteiger partial charge in [0.2, 0.25) is 5.91 Å². The summed E-state index contributed by atoms with van der Waals surface area (Å²) in [5, 5.41) is 8.13.